The summed E-state index contributed by atoms with van der Waals surface area (Å²) in [6.07, 6.45) is 1.83. The Kier molecular flexibility index (Phi) is 5.69. The third kappa shape index (κ3) is 4.11. The van der Waals surface area contributed by atoms with Crippen LogP contribution >= 0.6 is 15.9 Å². The number of benzene rings is 1. The molecular weight excluding hydrogens is 322 g/mol. The molecule has 2 N–H and O–H groups in total. The Morgan fingerprint density at radius 1 is 1.50 bits per heavy atom. The summed E-state index contributed by atoms with van der Waals surface area (Å²) in [5, 5.41) is 0. The molecule has 0 saturated carbocycles. The van der Waals surface area contributed by atoms with Crippen molar-refractivity contribution in [2.24, 2.45) is 5.73 Å². The van der Waals surface area contributed by atoms with Crippen LogP contribution in [0.5, 0.6) is 11.5 Å². The lowest BCUT2D eigenvalue weighted by molar-refractivity contribution is 0.137. The zero-order chi connectivity index (χ0) is 14.5. The van der Waals surface area contributed by atoms with Crippen molar-refractivity contribution in [1.82, 2.24) is 0 Å². The molecule has 2 atom stereocenters. The van der Waals surface area contributed by atoms with E-state index in [0.717, 1.165) is 41.0 Å². The van der Waals surface area contributed by atoms with Crippen LogP contribution in [0.1, 0.15) is 25.8 Å². The third-order valence-electron chi connectivity index (χ3n) is 3.10. The van der Waals surface area contributed by atoms with E-state index >= 15 is 0 Å². The Balaban J connectivity index is 2.23. The summed E-state index contributed by atoms with van der Waals surface area (Å²) in [5.41, 5.74) is 7.01. The van der Waals surface area contributed by atoms with Gasteiger partial charge in [0.25, 0.3) is 0 Å². The minimum absolute atomic E-state index is 0.102. The molecule has 1 heterocycles. The van der Waals surface area contributed by atoms with E-state index in [4.69, 9.17) is 19.9 Å². The van der Waals surface area contributed by atoms with E-state index in [0.29, 0.717) is 13.2 Å². The molecule has 0 spiro atoms. The molecule has 0 bridgehead atoms. The first-order chi connectivity index (χ1) is 9.60. The van der Waals surface area contributed by atoms with Crippen molar-refractivity contribution in [3.05, 3.63) is 22.2 Å². The number of halogens is 1. The highest BCUT2D eigenvalue weighted by Gasteiger charge is 2.21. The van der Waals surface area contributed by atoms with Gasteiger partial charge in [-0.25, -0.2) is 0 Å². The Morgan fingerprint density at radius 3 is 2.90 bits per heavy atom. The Labute approximate surface area is 128 Å². The van der Waals surface area contributed by atoms with Crippen molar-refractivity contribution < 1.29 is 14.2 Å². The van der Waals surface area contributed by atoms with E-state index in [1.165, 1.54) is 0 Å². The van der Waals surface area contributed by atoms with Gasteiger partial charge in [-0.2, -0.15) is 0 Å². The van der Waals surface area contributed by atoms with Crippen molar-refractivity contribution in [3.63, 3.8) is 0 Å². The SMILES string of the molecule is CCOc1cc(CC(C)N)cc(Br)c1OC1CCOC1. The fraction of sp³-hybridized carbons (Fsp3) is 0.600. The summed E-state index contributed by atoms with van der Waals surface area (Å²) in [6, 6.07) is 4.19. The smallest absolute Gasteiger partial charge is 0.175 e. The van der Waals surface area contributed by atoms with Crippen molar-refractivity contribution in [2.45, 2.75) is 38.8 Å². The highest BCUT2D eigenvalue weighted by molar-refractivity contribution is 9.10. The fourth-order valence-corrected chi connectivity index (χ4v) is 2.84. The lowest BCUT2D eigenvalue weighted by atomic mass is 10.1. The summed E-state index contributed by atoms with van der Waals surface area (Å²) in [6.45, 7) is 5.96. The maximum Gasteiger partial charge on any atom is 0.175 e. The highest BCUT2D eigenvalue weighted by atomic mass is 79.9. The van der Waals surface area contributed by atoms with Crippen molar-refractivity contribution in [2.75, 3.05) is 19.8 Å². The van der Waals surface area contributed by atoms with E-state index in [1.54, 1.807) is 0 Å². The van der Waals surface area contributed by atoms with Gasteiger partial charge in [0.15, 0.2) is 11.5 Å². The minimum atomic E-state index is 0.102. The molecule has 5 heteroatoms. The van der Waals surface area contributed by atoms with Crippen LogP contribution in [0.15, 0.2) is 16.6 Å². The van der Waals surface area contributed by atoms with Crippen LogP contribution in [0.4, 0.5) is 0 Å². The summed E-state index contributed by atoms with van der Waals surface area (Å²) < 4.78 is 18.0. The second kappa shape index (κ2) is 7.29. The third-order valence-corrected chi connectivity index (χ3v) is 3.69. The van der Waals surface area contributed by atoms with Gasteiger partial charge in [-0.15, -0.1) is 0 Å². The molecule has 2 rings (SSSR count). The zero-order valence-electron chi connectivity index (χ0n) is 12.0. The number of hydrogen-bond acceptors (Lipinski definition) is 4. The molecule has 4 nitrogen and oxygen atoms in total. The van der Waals surface area contributed by atoms with Crippen LogP contribution in [0.3, 0.4) is 0 Å². The first kappa shape index (κ1) is 15.6. The normalized spacial score (nSPS) is 19.9. The van der Waals surface area contributed by atoms with Gasteiger partial charge >= 0.3 is 0 Å². The molecule has 0 aliphatic carbocycles. The first-order valence-corrected chi connectivity index (χ1v) is 7.84. The second-order valence-corrected chi connectivity index (χ2v) is 5.98. The topological polar surface area (TPSA) is 53.7 Å². The average Bonchev–Trinajstić information content (AvgIpc) is 2.86. The molecule has 2 unspecified atom stereocenters. The molecule has 1 fully saturated rings. The minimum Gasteiger partial charge on any atom is -0.490 e. The van der Waals surface area contributed by atoms with E-state index < -0.39 is 0 Å². The quantitative estimate of drug-likeness (QED) is 0.862. The monoisotopic (exact) mass is 343 g/mol. The predicted octanol–water partition coefficient (Wildman–Crippen LogP) is 2.91. The molecule has 0 amide bonds. The summed E-state index contributed by atoms with van der Waals surface area (Å²) >= 11 is 3.58. The molecule has 112 valence electrons. The van der Waals surface area contributed by atoms with Gasteiger partial charge < -0.3 is 19.9 Å². The lowest BCUT2D eigenvalue weighted by Gasteiger charge is -2.19. The number of hydrogen-bond donors (Lipinski definition) is 1. The Hall–Kier alpha value is -0.780. The molecule has 1 aromatic rings. The Morgan fingerprint density at radius 2 is 2.30 bits per heavy atom. The van der Waals surface area contributed by atoms with Gasteiger partial charge in [0.2, 0.25) is 0 Å². The van der Waals surface area contributed by atoms with Crippen LogP contribution in [0.2, 0.25) is 0 Å². The molecule has 1 aliphatic rings. The van der Waals surface area contributed by atoms with Gasteiger partial charge in [0, 0.05) is 12.5 Å². The van der Waals surface area contributed by atoms with Gasteiger partial charge in [-0.3, -0.25) is 0 Å². The van der Waals surface area contributed by atoms with E-state index in [9.17, 15) is 0 Å². The second-order valence-electron chi connectivity index (χ2n) is 5.12. The molecule has 1 aromatic carbocycles. The maximum atomic E-state index is 6.02. The summed E-state index contributed by atoms with van der Waals surface area (Å²) in [7, 11) is 0. The molecule has 1 aliphatic heterocycles. The number of rotatable bonds is 6. The van der Waals surface area contributed by atoms with Gasteiger partial charge in [0.05, 0.1) is 24.3 Å². The standard InChI is InChI=1S/C15H22BrNO3/c1-3-19-14-8-11(6-10(2)17)7-13(16)15(14)20-12-4-5-18-9-12/h7-8,10,12H,3-6,9,17H2,1-2H3. The molecule has 0 radical (unpaired) electrons. The highest BCUT2D eigenvalue weighted by Crippen LogP contribution is 2.38. The van der Waals surface area contributed by atoms with Crippen LogP contribution in [-0.2, 0) is 11.2 Å². The van der Waals surface area contributed by atoms with Crippen molar-refractivity contribution in [3.8, 4) is 11.5 Å². The van der Waals surface area contributed by atoms with E-state index in [1.807, 2.05) is 19.9 Å². The van der Waals surface area contributed by atoms with Crippen molar-refractivity contribution in [1.29, 1.82) is 0 Å². The van der Waals surface area contributed by atoms with Crippen LogP contribution in [0.25, 0.3) is 0 Å². The van der Waals surface area contributed by atoms with Gasteiger partial charge in [-0.05, 0) is 53.9 Å². The van der Waals surface area contributed by atoms with Crippen LogP contribution < -0.4 is 15.2 Å². The van der Waals surface area contributed by atoms with Gasteiger partial charge in [0.1, 0.15) is 6.10 Å². The lowest BCUT2D eigenvalue weighted by Crippen LogP contribution is -2.19. The first-order valence-electron chi connectivity index (χ1n) is 7.05. The molecule has 0 aromatic heterocycles. The molecular formula is C15H22BrNO3. The largest absolute Gasteiger partial charge is 0.490 e. The summed E-state index contributed by atoms with van der Waals surface area (Å²) in [5.74, 6) is 1.53. The maximum absolute atomic E-state index is 6.02. The number of ether oxygens (including phenoxy) is 3. The predicted molar refractivity (Wildman–Crippen MR) is 82.5 cm³/mol. The number of nitrogens with two attached hydrogens (primary N) is 1. The van der Waals surface area contributed by atoms with Crippen LogP contribution in [-0.4, -0.2) is 32.0 Å². The van der Waals surface area contributed by atoms with E-state index in [-0.39, 0.29) is 12.1 Å². The molecule has 1 saturated heterocycles. The van der Waals surface area contributed by atoms with E-state index in [2.05, 4.69) is 22.0 Å². The average molecular weight is 344 g/mol. The molecule has 20 heavy (non-hydrogen) atoms. The fourth-order valence-electron chi connectivity index (χ4n) is 2.26. The summed E-state index contributed by atoms with van der Waals surface area (Å²) in [4.78, 5) is 0. The van der Waals surface area contributed by atoms with Crippen molar-refractivity contribution >= 4 is 15.9 Å². The zero-order valence-corrected chi connectivity index (χ0v) is 13.6. The Bertz CT molecular complexity index is 445. The van der Waals surface area contributed by atoms with Crippen LogP contribution in [0, 0.1) is 0 Å². The van der Waals surface area contributed by atoms with Gasteiger partial charge in [-0.1, -0.05) is 0 Å².